The van der Waals surface area contributed by atoms with Crippen molar-refractivity contribution in [2.24, 2.45) is 5.92 Å². The highest BCUT2D eigenvalue weighted by Crippen LogP contribution is 2.24. The molecule has 2 aliphatic rings. The lowest BCUT2D eigenvalue weighted by Gasteiger charge is -2.32. The fourth-order valence-corrected chi connectivity index (χ4v) is 4.04. The Morgan fingerprint density at radius 1 is 1.15 bits per heavy atom. The van der Waals surface area contributed by atoms with E-state index in [9.17, 15) is 4.79 Å². The molecule has 3 rings (SSSR count). The van der Waals surface area contributed by atoms with Crippen LogP contribution in [0.15, 0.2) is 24.3 Å². The Morgan fingerprint density at radius 3 is 2.62 bits per heavy atom. The highest BCUT2D eigenvalue weighted by atomic mass is 35.5. The Balaban J connectivity index is 1.34. The monoisotopic (exact) mass is 378 g/mol. The highest BCUT2D eigenvalue weighted by Gasteiger charge is 2.23. The summed E-state index contributed by atoms with van der Waals surface area (Å²) in [5.74, 6) is 0.496. The van der Waals surface area contributed by atoms with Crippen LogP contribution in [0, 0.1) is 5.92 Å². The van der Waals surface area contributed by atoms with E-state index in [-0.39, 0.29) is 6.03 Å². The zero-order valence-corrected chi connectivity index (χ0v) is 16.5. The summed E-state index contributed by atoms with van der Waals surface area (Å²) >= 11 is 5.96. The fourth-order valence-electron chi connectivity index (χ4n) is 3.91. The fraction of sp³-hybridized carbons (Fsp3) is 0.650. The molecule has 0 unspecified atom stereocenters. The first-order chi connectivity index (χ1) is 12.6. The number of hydrogen-bond donors (Lipinski definition) is 2. The number of halogens is 1. The van der Waals surface area contributed by atoms with Crippen molar-refractivity contribution in [3.63, 3.8) is 0 Å². The van der Waals surface area contributed by atoms with Gasteiger partial charge in [0.05, 0.1) is 0 Å². The first-order valence-electron chi connectivity index (χ1n) is 9.88. The third-order valence-corrected chi connectivity index (χ3v) is 5.85. The Morgan fingerprint density at radius 2 is 1.88 bits per heavy atom. The maximum Gasteiger partial charge on any atom is 0.314 e. The minimum atomic E-state index is -0.0428. The standard InChI is InChI=1S/C20H31ClN4O/c1-16(24-10-3-2-4-11-24)13-22-20(26)23-14-17-9-12-25(15-17)19-7-5-18(21)6-8-19/h5-8,16-17H,2-4,9-15H2,1H3,(H2,22,23,26)/t16-,17-/m0/s1. The van der Waals surface area contributed by atoms with E-state index in [4.69, 9.17) is 11.6 Å². The SMILES string of the molecule is C[C@@H](CNC(=O)NC[C@@H]1CCN(c2ccc(Cl)cc2)C1)N1CCCCC1. The largest absolute Gasteiger partial charge is 0.371 e. The summed E-state index contributed by atoms with van der Waals surface area (Å²) in [7, 11) is 0. The number of carbonyl (C=O) groups is 1. The van der Waals surface area contributed by atoms with Gasteiger partial charge in [0, 0.05) is 42.9 Å². The highest BCUT2D eigenvalue weighted by molar-refractivity contribution is 6.30. The third kappa shape index (κ3) is 5.52. The Bertz CT molecular complexity index is 574. The number of anilines is 1. The van der Waals surface area contributed by atoms with E-state index in [1.807, 2.05) is 12.1 Å². The molecular weight excluding hydrogens is 348 g/mol. The van der Waals surface area contributed by atoms with Crippen LogP contribution in [0.25, 0.3) is 0 Å². The van der Waals surface area contributed by atoms with Gasteiger partial charge in [0.15, 0.2) is 0 Å². The van der Waals surface area contributed by atoms with Crippen molar-refractivity contribution in [2.75, 3.05) is 44.2 Å². The van der Waals surface area contributed by atoms with Gasteiger partial charge in [-0.25, -0.2) is 4.79 Å². The Kier molecular flexibility index (Phi) is 7.03. The predicted molar refractivity (Wildman–Crippen MR) is 108 cm³/mol. The molecule has 26 heavy (non-hydrogen) atoms. The van der Waals surface area contributed by atoms with Gasteiger partial charge in [0.1, 0.15) is 0 Å². The molecule has 2 heterocycles. The lowest BCUT2D eigenvalue weighted by Crippen LogP contribution is -2.47. The minimum Gasteiger partial charge on any atom is -0.371 e. The molecule has 0 aliphatic carbocycles. The normalized spacial score (nSPS) is 22.2. The van der Waals surface area contributed by atoms with Crippen LogP contribution >= 0.6 is 11.6 Å². The van der Waals surface area contributed by atoms with Crippen LogP contribution in [0.4, 0.5) is 10.5 Å². The van der Waals surface area contributed by atoms with Crippen LogP contribution in [0.5, 0.6) is 0 Å². The quantitative estimate of drug-likeness (QED) is 0.798. The van der Waals surface area contributed by atoms with E-state index >= 15 is 0 Å². The molecule has 2 saturated heterocycles. The molecule has 0 radical (unpaired) electrons. The van der Waals surface area contributed by atoms with E-state index in [1.165, 1.54) is 24.9 Å². The molecular formula is C20H31ClN4O. The van der Waals surface area contributed by atoms with Crippen LogP contribution in [0.2, 0.25) is 5.02 Å². The van der Waals surface area contributed by atoms with Crippen molar-refractivity contribution in [1.29, 1.82) is 0 Å². The third-order valence-electron chi connectivity index (χ3n) is 5.60. The number of carbonyl (C=O) groups excluding carboxylic acids is 1. The molecule has 5 nitrogen and oxygen atoms in total. The van der Waals surface area contributed by atoms with Crippen LogP contribution in [-0.4, -0.2) is 56.2 Å². The lowest BCUT2D eigenvalue weighted by atomic mass is 10.1. The maximum absolute atomic E-state index is 12.1. The van der Waals surface area contributed by atoms with Crippen LogP contribution in [0.3, 0.4) is 0 Å². The number of amides is 2. The maximum atomic E-state index is 12.1. The second kappa shape index (κ2) is 9.47. The zero-order valence-electron chi connectivity index (χ0n) is 15.7. The molecule has 1 aromatic rings. The molecule has 2 amide bonds. The summed E-state index contributed by atoms with van der Waals surface area (Å²) in [5.41, 5.74) is 1.21. The molecule has 1 aromatic carbocycles. The van der Waals surface area contributed by atoms with Crippen LogP contribution in [-0.2, 0) is 0 Å². The number of nitrogens with zero attached hydrogens (tertiary/aromatic N) is 2. The van der Waals surface area contributed by atoms with Gasteiger partial charge in [0.2, 0.25) is 0 Å². The van der Waals surface area contributed by atoms with Gasteiger partial charge in [-0.15, -0.1) is 0 Å². The number of piperidine rings is 1. The number of hydrogen-bond acceptors (Lipinski definition) is 3. The van der Waals surface area contributed by atoms with E-state index in [0.29, 0.717) is 18.5 Å². The average Bonchev–Trinajstić information content (AvgIpc) is 3.14. The Hall–Kier alpha value is -1.46. The van der Waals surface area contributed by atoms with Crippen molar-refractivity contribution >= 4 is 23.3 Å². The molecule has 2 aliphatic heterocycles. The van der Waals surface area contributed by atoms with E-state index in [0.717, 1.165) is 44.2 Å². The van der Waals surface area contributed by atoms with E-state index < -0.39 is 0 Å². The first-order valence-corrected chi connectivity index (χ1v) is 10.3. The summed E-state index contributed by atoms with van der Waals surface area (Å²) in [6.07, 6.45) is 5.00. The minimum absolute atomic E-state index is 0.0428. The van der Waals surface area contributed by atoms with Crippen molar-refractivity contribution in [1.82, 2.24) is 15.5 Å². The Labute approximate surface area is 162 Å². The zero-order chi connectivity index (χ0) is 18.4. The van der Waals surface area contributed by atoms with Gasteiger partial charge in [-0.1, -0.05) is 18.0 Å². The van der Waals surface area contributed by atoms with Gasteiger partial charge in [0.25, 0.3) is 0 Å². The van der Waals surface area contributed by atoms with E-state index in [1.54, 1.807) is 0 Å². The van der Waals surface area contributed by atoms with Crippen molar-refractivity contribution in [3.8, 4) is 0 Å². The topological polar surface area (TPSA) is 47.6 Å². The molecule has 2 atom stereocenters. The average molecular weight is 379 g/mol. The summed E-state index contributed by atoms with van der Waals surface area (Å²) in [6.45, 7) is 7.97. The summed E-state index contributed by atoms with van der Waals surface area (Å²) in [5, 5.41) is 6.85. The second-order valence-electron chi connectivity index (χ2n) is 7.61. The van der Waals surface area contributed by atoms with Crippen LogP contribution < -0.4 is 15.5 Å². The molecule has 0 spiro atoms. The van der Waals surface area contributed by atoms with Gasteiger partial charge in [-0.2, -0.15) is 0 Å². The number of rotatable bonds is 6. The summed E-state index contributed by atoms with van der Waals surface area (Å²) in [6, 6.07) is 8.35. The van der Waals surface area contributed by atoms with Gasteiger partial charge in [-0.05, 0) is 69.5 Å². The number of benzene rings is 1. The molecule has 0 aromatic heterocycles. The van der Waals surface area contributed by atoms with Crippen molar-refractivity contribution < 1.29 is 4.79 Å². The lowest BCUT2D eigenvalue weighted by molar-refractivity contribution is 0.170. The first kappa shape index (κ1) is 19.3. The molecule has 144 valence electrons. The van der Waals surface area contributed by atoms with Gasteiger partial charge in [-0.3, -0.25) is 4.90 Å². The van der Waals surface area contributed by atoms with Crippen molar-refractivity contribution in [3.05, 3.63) is 29.3 Å². The molecule has 2 N–H and O–H groups in total. The van der Waals surface area contributed by atoms with Gasteiger partial charge >= 0.3 is 6.03 Å². The number of nitrogens with one attached hydrogen (secondary N) is 2. The van der Waals surface area contributed by atoms with E-state index in [2.05, 4.69) is 39.5 Å². The second-order valence-corrected chi connectivity index (χ2v) is 8.05. The molecule has 2 fully saturated rings. The van der Waals surface area contributed by atoms with Crippen LogP contribution in [0.1, 0.15) is 32.6 Å². The molecule has 0 saturated carbocycles. The summed E-state index contributed by atoms with van der Waals surface area (Å²) < 4.78 is 0. The smallest absolute Gasteiger partial charge is 0.314 e. The molecule has 0 bridgehead atoms. The number of likely N-dealkylation sites (tertiary alicyclic amines) is 1. The molecule has 6 heteroatoms. The number of urea groups is 1. The van der Waals surface area contributed by atoms with Crippen molar-refractivity contribution in [2.45, 2.75) is 38.6 Å². The predicted octanol–water partition coefficient (Wildman–Crippen LogP) is 3.34. The van der Waals surface area contributed by atoms with Gasteiger partial charge < -0.3 is 15.5 Å². The summed E-state index contributed by atoms with van der Waals surface area (Å²) in [4.78, 5) is 16.9.